The zero-order valence-electron chi connectivity index (χ0n) is 15.6. The predicted octanol–water partition coefficient (Wildman–Crippen LogP) is 5.09. The van der Waals surface area contributed by atoms with Gasteiger partial charge in [0.2, 0.25) is 5.91 Å². The summed E-state index contributed by atoms with van der Waals surface area (Å²) < 4.78 is 2.04. The molecule has 1 aromatic heterocycles. The zero-order chi connectivity index (χ0) is 17.3. The molecule has 0 bridgehead atoms. The Morgan fingerprint density at radius 2 is 1.54 bits per heavy atom. The van der Waals surface area contributed by atoms with Crippen molar-refractivity contribution in [2.75, 3.05) is 6.54 Å². The van der Waals surface area contributed by atoms with Gasteiger partial charge < -0.3 is 9.88 Å². The molecular weight excluding hydrogens is 298 g/mol. The van der Waals surface area contributed by atoms with E-state index in [1.54, 1.807) is 6.20 Å². The molecule has 0 aromatic carbocycles. The van der Waals surface area contributed by atoms with Gasteiger partial charge in [-0.05, 0) is 12.8 Å². The molecule has 1 heterocycles. The average Bonchev–Trinajstić information content (AvgIpc) is 3.10. The highest BCUT2D eigenvalue weighted by Gasteiger charge is 2.00. The molecule has 4 nitrogen and oxygen atoms in total. The number of amides is 1. The maximum absolute atomic E-state index is 11.7. The van der Waals surface area contributed by atoms with Gasteiger partial charge in [0, 0.05) is 31.9 Å². The molecule has 0 saturated carbocycles. The van der Waals surface area contributed by atoms with Crippen molar-refractivity contribution < 1.29 is 4.79 Å². The lowest BCUT2D eigenvalue weighted by atomic mass is 10.1. The lowest BCUT2D eigenvalue weighted by molar-refractivity contribution is -0.121. The first kappa shape index (κ1) is 20.7. The lowest BCUT2D eigenvalue weighted by Crippen LogP contribution is -2.24. The minimum absolute atomic E-state index is 0.205. The van der Waals surface area contributed by atoms with Crippen LogP contribution in [0.1, 0.15) is 90.4 Å². The lowest BCUT2D eigenvalue weighted by Gasteiger charge is -2.06. The highest BCUT2D eigenvalue weighted by atomic mass is 16.1. The monoisotopic (exact) mass is 335 g/mol. The molecule has 0 spiro atoms. The number of aromatic nitrogens is 2. The van der Waals surface area contributed by atoms with Crippen molar-refractivity contribution >= 4 is 5.91 Å². The van der Waals surface area contributed by atoms with Gasteiger partial charge in [0.05, 0.1) is 6.33 Å². The molecule has 1 rings (SSSR count). The second-order valence-electron chi connectivity index (χ2n) is 6.79. The third-order valence-corrected chi connectivity index (χ3v) is 4.48. The first-order valence-electron chi connectivity index (χ1n) is 10.1. The summed E-state index contributed by atoms with van der Waals surface area (Å²) in [6.07, 6.45) is 21.7. The summed E-state index contributed by atoms with van der Waals surface area (Å²) >= 11 is 0. The van der Waals surface area contributed by atoms with Gasteiger partial charge in [-0.3, -0.25) is 4.79 Å². The van der Waals surface area contributed by atoms with E-state index in [0.29, 0.717) is 6.42 Å². The van der Waals surface area contributed by atoms with E-state index in [0.717, 1.165) is 25.9 Å². The summed E-state index contributed by atoms with van der Waals surface area (Å²) in [5.41, 5.74) is 0. The van der Waals surface area contributed by atoms with Crippen LogP contribution in [0.25, 0.3) is 0 Å². The van der Waals surface area contributed by atoms with Crippen LogP contribution in [0, 0.1) is 0 Å². The van der Waals surface area contributed by atoms with Gasteiger partial charge in [0.15, 0.2) is 0 Å². The van der Waals surface area contributed by atoms with Crippen LogP contribution in [0.4, 0.5) is 0 Å². The topological polar surface area (TPSA) is 46.9 Å². The van der Waals surface area contributed by atoms with Crippen LogP contribution >= 0.6 is 0 Å². The highest BCUT2D eigenvalue weighted by Crippen LogP contribution is 2.11. The number of rotatable bonds is 16. The van der Waals surface area contributed by atoms with Crippen LogP contribution in [0.5, 0.6) is 0 Å². The number of hydrogen-bond donors (Lipinski definition) is 1. The van der Waals surface area contributed by atoms with Gasteiger partial charge in [0.25, 0.3) is 0 Å². The molecule has 0 atom stereocenters. The van der Waals surface area contributed by atoms with Gasteiger partial charge in [-0.15, -0.1) is 0 Å². The fraction of sp³-hybridized carbons (Fsp3) is 0.800. The van der Waals surface area contributed by atoms with Crippen molar-refractivity contribution in [1.29, 1.82) is 0 Å². The fourth-order valence-electron chi connectivity index (χ4n) is 2.95. The standard InChI is InChI=1S/C20H37N3O/c1-2-3-4-5-6-7-8-9-10-11-12-14-20(24)22-15-13-17-23-18-16-21-19-23/h16,18-19H,2-15,17H2,1H3,(H,22,24). The van der Waals surface area contributed by atoms with Crippen LogP contribution in [0.2, 0.25) is 0 Å². The van der Waals surface area contributed by atoms with E-state index in [4.69, 9.17) is 0 Å². The Bertz CT molecular complexity index is 390. The predicted molar refractivity (Wildman–Crippen MR) is 101 cm³/mol. The van der Waals surface area contributed by atoms with E-state index in [1.165, 1.54) is 64.2 Å². The number of imidazole rings is 1. The molecule has 0 aliphatic rings. The Morgan fingerprint density at radius 1 is 0.917 bits per heavy atom. The molecule has 0 saturated heterocycles. The number of nitrogens with one attached hydrogen (secondary N) is 1. The Kier molecular flexibility index (Phi) is 13.1. The molecule has 1 amide bonds. The van der Waals surface area contributed by atoms with Crippen molar-refractivity contribution in [2.24, 2.45) is 0 Å². The van der Waals surface area contributed by atoms with Gasteiger partial charge in [-0.2, -0.15) is 0 Å². The van der Waals surface area contributed by atoms with Crippen LogP contribution in [-0.4, -0.2) is 22.0 Å². The van der Waals surface area contributed by atoms with Crippen molar-refractivity contribution in [1.82, 2.24) is 14.9 Å². The molecule has 0 radical (unpaired) electrons. The zero-order valence-corrected chi connectivity index (χ0v) is 15.6. The first-order valence-corrected chi connectivity index (χ1v) is 10.1. The molecule has 24 heavy (non-hydrogen) atoms. The Labute approximate surface area is 148 Å². The van der Waals surface area contributed by atoms with Gasteiger partial charge in [-0.25, -0.2) is 4.98 Å². The number of carbonyl (C=O) groups is 1. The Hall–Kier alpha value is -1.32. The van der Waals surface area contributed by atoms with Crippen LogP contribution < -0.4 is 5.32 Å². The molecule has 138 valence electrons. The summed E-state index contributed by atoms with van der Waals surface area (Å²) in [5.74, 6) is 0.205. The second kappa shape index (κ2) is 15.2. The summed E-state index contributed by atoms with van der Waals surface area (Å²) in [4.78, 5) is 15.7. The van der Waals surface area contributed by atoms with Gasteiger partial charge in [0.1, 0.15) is 0 Å². The molecule has 1 N–H and O–H groups in total. The molecule has 0 fully saturated rings. The van der Waals surface area contributed by atoms with Gasteiger partial charge >= 0.3 is 0 Å². The van der Waals surface area contributed by atoms with E-state index < -0.39 is 0 Å². The fourth-order valence-corrected chi connectivity index (χ4v) is 2.95. The van der Waals surface area contributed by atoms with E-state index in [-0.39, 0.29) is 5.91 Å². The van der Waals surface area contributed by atoms with Crippen molar-refractivity contribution in [3.8, 4) is 0 Å². The molecule has 0 aliphatic heterocycles. The van der Waals surface area contributed by atoms with Crippen LogP contribution in [0.15, 0.2) is 18.7 Å². The average molecular weight is 336 g/mol. The third kappa shape index (κ3) is 12.1. The number of aryl methyl sites for hydroxylation is 1. The summed E-state index contributed by atoms with van der Waals surface area (Å²) in [7, 11) is 0. The van der Waals surface area contributed by atoms with Crippen molar-refractivity contribution in [3.05, 3.63) is 18.7 Å². The van der Waals surface area contributed by atoms with Crippen molar-refractivity contribution in [3.63, 3.8) is 0 Å². The quantitative estimate of drug-likeness (QED) is 0.428. The number of unbranched alkanes of at least 4 members (excludes halogenated alkanes) is 10. The summed E-state index contributed by atoms with van der Waals surface area (Å²) in [6.45, 7) is 3.94. The minimum Gasteiger partial charge on any atom is -0.356 e. The molecular formula is C20H37N3O. The minimum atomic E-state index is 0.205. The largest absolute Gasteiger partial charge is 0.356 e. The normalized spacial score (nSPS) is 10.9. The number of carbonyl (C=O) groups excluding carboxylic acids is 1. The van der Waals surface area contributed by atoms with Crippen LogP contribution in [-0.2, 0) is 11.3 Å². The Morgan fingerprint density at radius 3 is 2.12 bits per heavy atom. The maximum atomic E-state index is 11.7. The van der Waals surface area contributed by atoms with Gasteiger partial charge in [-0.1, -0.05) is 71.1 Å². The maximum Gasteiger partial charge on any atom is 0.219 e. The number of nitrogens with zero attached hydrogens (tertiary/aromatic N) is 2. The van der Waals surface area contributed by atoms with E-state index in [9.17, 15) is 4.79 Å². The highest BCUT2D eigenvalue weighted by molar-refractivity contribution is 5.75. The summed E-state index contributed by atoms with van der Waals surface area (Å²) in [6, 6.07) is 0. The smallest absolute Gasteiger partial charge is 0.219 e. The summed E-state index contributed by atoms with van der Waals surface area (Å²) in [5, 5.41) is 3.01. The second-order valence-corrected chi connectivity index (χ2v) is 6.79. The Balaban J connectivity index is 1.77. The molecule has 1 aromatic rings. The van der Waals surface area contributed by atoms with E-state index >= 15 is 0 Å². The number of hydrogen-bond acceptors (Lipinski definition) is 2. The van der Waals surface area contributed by atoms with E-state index in [2.05, 4.69) is 17.2 Å². The third-order valence-electron chi connectivity index (χ3n) is 4.48. The van der Waals surface area contributed by atoms with E-state index in [1.807, 2.05) is 17.1 Å². The SMILES string of the molecule is CCCCCCCCCCCCCC(=O)NCCCn1ccnc1. The first-order chi connectivity index (χ1) is 11.8. The van der Waals surface area contributed by atoms with Crippen LogP contribution in [0.3, 0.4) is 0 Å². The van der Waals surface area contributed by atoms with Crippen molar-refractivity contribution in [2.45, 2.75) is 96.9 Å². The molecule has 4 heteroatoms. The molecule has 0 aliphatic carbocycles. The molecule has 0 unspecified atom stereocenters.